The molecular formula is C21H13F3O3. The van der Waals surface area contributed by atoms with Crippen LogP contribution in [0.15, 0.2) is 64.8 Å². The van der Waals surface area contributed by atoms with Gasteiger partial charge in [-0.25, -0.2) is 0 Å². The third kappa shape index (κ3) is 3.26. The first-order valence-corrected chi connectivity index (χ1v) is 8.14. The van der Waals surface area contributed by atoms with Gasteiger partial charge in [-0.3, -0.25) is 4.79 Å². The van der Waals surface area contributed by atoms with E-state index >= 15 is 0 Å². The molecule has 1 aliphatic heterocycles. The zero-order valence-corrected chi connectivity index (χ0v) is 14.1. The number of carbonyl (C=O) groups excluding carboxylic acids is 1. The third-order valence-corrected chi connectivity index (χ3v) is 4.20. The number of ether oxygens (including phenoxy) is 1. The van der Waals surface area contributed by atoms with Gasteiger partial charge in [-0.05, 0) is 43.3 Å². The summed E-state index contributed by atoms with van der Waals surface area (Å²) in [7, 11) is 0. The van der Waals surface area contributed by atoms with Crippen LogP contribution < -0.4 is 4.74 Å². The van der Waals surface area contributed by atoms with E-state index in [0.717, 1.165) is 17.7 Å². The average Bonchev–Trinajstić information content (AvgIpc) is 3.21. The standard InChI is InChI=1S/C21H13F3O3/c1-12-5-7-18-16(9-12)20(25)19(27-18)11-15-6-8-17(26-15)13-3-2-4-14(10-13)21(22,23)24/h2-11H,1H3. The molecule has 0 atom stereocenters. The molecular weight excluding hydrogens is 357 g/mol. The lowest BCUT2D eigenvalue weighted by atomic mass is 10.1. The molecule has 0 bridgehead atoms. The van der Waals surface area contributed by atoms with Crippen LogP contribution in [0.1, 0.15) is 27.2 Å². The molecule has 0 fully saturated rings. The van der Waals surface area contributed by atoms with Crippen molar-refractivity contribution >= 4 is 11.9 Å². The number of rotatable bonds is 2. The van der Waals surface area contributed by atoms with E-state index in [-0.39, 0.29) is 17.3 Å². The van der Waals surface area contributed by atoms with Crippen LogP contribution in [0.3, 0.4) is 0 Å². The molecule has 2 aromatic carbocycles. The summed E-state index contributed by atoms with van der Waals surface area (Å²) in [4.78, 5) is 12.4. The van der Waals surface area contributed by atoms with Crippen molar-refractivity contribution in [1.82, 2.24) is 0 Å². The maximum Gasteiger partial charge on any atom is 0.416 e. The zero-order chi connectivity index (χ0) is 19.2. The van der Waals surface area contributed by atoms with Crippen molar-refractivity contribution in [2.75, 3.05) is 0 Å². The van der Waals surface area contributed by atoms with Crippen LogP contribution in [-0.4, -0.2) is 5.78 Å². The molecule has 2 heterocycles. The number of Topliss-reactive ketones (excluding diaryl/α,β-unsaturated/α-hetero) is 1. The molecule has 0 saturated carbocycles. The lowest BCUT2D eigenvalue weighted by Gasteiger charge is -2.07. The fourth-order valence-corrected chi connectivity index (χ4v) is 2.87. The van der Waals surface area contributed by atoms with Gasteiger partial charge in [-0.15, -0.1) is 0 Å². The van der Waals surface area contributed by atoms with Crippen molar-refractivity contribution in [3.05, 3.63) is 82.8 Å². The predicted molar refractivity (Wildman–Crippen MR) is 93.3 cm³/mol. The highest BCUT2D eigenvalue weighted by Crippen LogP contribution is 2.35. The Balaban J connectivity index is 1.63. The number of carbonyl (C=O) groups is 1. The van der Waals surface area contributed by atoms with Gasteiger partial charge in [0.05, 0.1) is 11.1 Å². The molecule has 0 N–H and O–H groups in total. The zero-order valence-electron chi connectivity index (χ0n) is 14.1. The fourth-order valence-electron chi connectivity index (χ4n) is 2.87. The summed E-state index contributed by atoms with van der Waals surface area (Å²) in [6.07, 6.45) is -2.99. The van der Waals surface area contributed by atoms with E-state index in [4.69, 9.17) is 9.15 Å². The monoisotopic (exact) mass is 370 g/mol. The van der Waals surface area contributed by atoms with E-state index in [1.165, 1.54) is 18.2 Å². The molecule has 1 aliphatic rings. The molecule has 0 spiro atoms. The summed E-state index contributed by atoms with van der Waals surface area (Å²) in [5.41, 5.74) is 0.964. The number of hydrogen-bond donors (Lipinski definition) is 0. The number of aryl methyl sites for hydroxylation is 1. The quantitative estimate of drug-likeness (QED) is 0.528. The van der Waals surface area contributed by atoms with Crippen LogP contribution in [0, 0.1) is 6.92 Å². The van der Waals surface area contributed by atoms with E-state index in [1.807, 2.05) is 13.0 Å². The van der Waals surface area contributed by atoms with Crippen molar-refractivity contribution in [1.29, 1.82) is 0 Å². The van der Waals surface area contributed by atoms with Gasteiger partial charge in [0.25, 0.3) is 0 Å². The van der Waals surface area contributed by atoms with Gasteiger partial charge in [0, 0.05) is 11.6 Å². The summed E-state index contributed by atoms with van der Waals surface area (Å²) in [5.74, 6) is 0.912. The topological polar surface area (TPSA) is 39.4 Å². The Bertz CT molecular complexity index is 1070. The molecule has 1 aromatic heterocycles. The third-order valence-electron chi connectivity index (χ3n) is 4.20. The Morgan fingerprint density at radius 2 is 1.81 bits per heavy atom. The molecule has 0 amide bonds. The highest BCUT2D eigenvalue weighted by Gasteiger charge is 2.31. The van der Waals surface area contributed by atoms with E-state index in [1.54, 1.807) is 24.3 Å². The fraction of sp³-hybridized carbons (Fsp3) is 0.0952. The molecule has 3 aromatic rings. The summed E-state index contributed by atoms with van der Waals surface area (Å²) < 4.78 is 49.8. The van der Waals surface area contributed by atoms with Crippen molar-refractivity contribution in [3.63, 3.8) is 0 Å². The number of hydrogen-bond acceptors (Lipinski definition) is 3. The Kier molecular flexibility index (Phi) is 3.91. The highest BCUT2D eigenvalue weighted by atomic mass is 19.4. The molecule has 4 rings (SSSR count). The van der Waals surface area contributed by atoms with E-state index in [2.05, 4.69) is 0 Å². The normalized spacial score (nSPS) is 15.1. The van der Waals surface area contributed by atoms with Gasteiger partial charge in [0.15, 0.2) is 5.76 Å². The van der Waals surface area contributed by atoms with Crippen LogP contribution in [0.4, 0.5) is 13.2 Å². The molecule has 0 aliphatic carbocycles. The molecule has 136 valence electrons. The molecule has 0 saturated heterocycles. The molecule has 3 nitrogen and oxygen atoms in total. The minimum atomic E-state index is -4.43. The number of fused-ring (bicyclic) bond motifs is 1. The summed E-state index contributed by atoms with van der Waals surface area (Å²) in [6, 6.07) is 13.3. The van der Waals surface area contributed by atoms with Crippen LogP contribution in [-0.2, 0) is 6.18 Å². The van der Waals surface area contributed by atoms with Crippen LogP contribution >= 0.6 is 0 Å². The molecule has 6 heteroatoms. The largest absolute Gasteiger partial charge is 0.457 e. The van der Waals surface area contributed by atoms with Crippen molar-refractivity contribution < 1.29 is 27.1 Å². The van der Waals surface area contributed by atoms with Crippen LogP contribution in [0.5, 0.6) is 5.75 Å². The van der Waals surface area contributed by atoms with Crippen molar-refractivity contribution in [3.8, 4) is 17.1 Å². The van der Waals surface area contributed by atoms with Gasteiger partial charge >= 0.3 is 6.18 Å². The van der Waals surface area contributed by atoms with Gasteiger partial charge in [0.2, 0.25) is 5.78 Å². The number of halogens is 3. The summed E-state index contributed by atoms with van der Waals surface area (Å²) in [5, 5.41) is 0. The first-order valence-electron chi connectivity index (χ1n) is 8.14. The Hall–Kier alpha value is -3.28. The number of benzene rings is 2. The molecule has 0 unspecified atom stereocenters. The van der Waals surface area contributed by atoms with Crippen LogP contribution in [0.25, 0.3) is 17.4 Å². The predicted octanol–water partition coefficient (Wildman–Crippen LogP) is 5.89. The van der Waals surface area contributed by atoms with Gasteiger partial charge < -0.3 is 9.15 Å². The van der Waals surface area contributed by atoms with Crippen LogP contribution in [0.2, 0.25) is 0 Å². The molecule has 0 radical (unpaired) electrons. The number of furan rings is 1. The Morgan fingerprint density at radius 1 is 1.00 bits per heavy atom. The van der Waals surface area contributed by atoms with Gasteiger partial charge in [-0.2, -0.15) is 13.2 Å². The second kappa shape index (κ2) is 6.16. The lowest BCUT2D eigenvalue weighted by molar-refractivity contribution is -0.137. The van der Waals surface area contributed by atoms with Crippen molar-refractivity contribution in [2.24, 2.45) is 0 Å². The van der Waals surface area contributed by atoms with Crippen molar-refractivity contribution in [2.45, 2.75) is 13.1 Å². The first-order chi connectivity index (χ1) is 12.8. The minimum absolute atomic E-state index is 0.112. The van der Waals surface area contributed by atoms with Gasteiger partial charge in [0.1, 0.15) is 17.3 Å². The maximum atomic E-state index is 12.9. The van der Waals surface area contributed by atoms with E-state index in [0.29, 0.717) is 22.6 Å². The summed E-state index contributed by atoms with van der Waals surface area (Å²) >= 11 is 0. The molecule has 27 heavy (non-hydrogen) atoms. The smallest absolute Gasteiger partial charge is 0.416 e. The average molecular weight is 370 g/mol. The Labute approximate surface area is 152 Å². The van der Waals surface area contributed by atoms with E-state index in [9.17, 15) is 18.0 Å². The van der Waals surface area contributed by atoms with E-state index < -0.39 is 11.7 Å². The summed E-state index contributed by atoms with van der Waals surface area (Å²) in [6.45, 7) is 1.88. The lowest BCUT2D eigenvalue weighted by Crippen LogP contribution is -2.04. The second-order valence-corrected chi connectivity index (χ2v) is 6.22. The number of ketones is 1. The second-order valence-electron chi connectivity index (χ2n) is 6.22. The minimum Gasteiger partial charge on any atom is -0.457 e. The number of alkyl halides is 3. The Morgan fingerprint density at radius 3 is 2.59 bits per heavy atom. The van der Waals surface area contributed by atoms with Gasteiger partial charge in [-0.1, -0.05) is 23.8 Å². The highest BCUT2D eigenvalue weighted by molar-refractivity contribution is 6.14. The SMILES string of the molecule is Cc1ccc2c(c1)C(=O)C(=Cc1ccc(-c3cccc(C(F)(F)F)c3)o1)O2. The maximum absolute atomic E-state index is 12.9. The number of allylic oxidation sites excluding steroid dienone is 1. The first kappa shape index (κ1) is 17.1.